The zero-order valence-corrected chi connectivity index (χ0v) is 22.6. The molecule has 1 fully saturated rings. The molecular weight excluding hydrogens is 510 g/mol. The molecule has 0 saturated carbocycles. The molecule has 3 aromatic rings. The van der Waals surface area contributed by atoms with E-state index in [1.54, 1.807) is 30.7 Å². The maximum absolute atomic E-state index is 14.0. The first-order valence-corrected chi connectivity index (χ1v) is 12.8. The van der Waals surface area contributed by atoms with Crippen LogP contribution in [0, 0.1) is 24.6 Å². The summed E-state index contributed by atoms with van der Waals surface area (Å²) in [4.78, 5) is 23.0. The van der Waals surface area contributed by atoms with Gasteiger partial charge in [-0.15, -0.1) is 5.10 Å². The Morgan fingerprint density at radius 1 is 1.26 bits per heavy atom. The van der Waals surface area contributed by atoms with Crippen molar-refractivity contribution in [3.63, 3.8) is 0 Å². The van der Waals surface area contributed by atoms with Gasteiger partial charge in [-0.05, 0) is 39.0 Å². The van der Waals surface area contributed by atoms with Gasteiger partial charge in [-0.25, -0.2) is 14.1 Å². The van der Waals surface area contributed by atoms with Gasteiger partial charge in [0.05, 0.1) is 23.6 Å². The first-order chi connectivity index (χ1) is 18.6. The predicted molar refractivity (Wildman–Crippen MR) is 138 cm³/mol. The molecule has 4 rings (SSSR count). The molecule has 1 N–H and O–H groups in total. The standard InChI is InChI=1S/C28H34F2N4O5/c1-18-24(34(21-8-6-5-7-9-21)32-27(18)38-17-28(2,3)36)14-22(35)12-20-16-33(10-11-37-4)39-25(20)19-13-23(29)26(30)31-15-19/h5-9,13,15,20,25,36H,10-12,14,16-17H2,1-4H3/t20-,25+/m1/s1. The van der Waals surface area contributed by atoms with Gasteiger partial charge in [0.2, 0.25) is 11.8 Å². The van der Waals surface area contributed by atoms with Crippen LogP contribution in [-0.4, -0.2) is 69.7 Å². The van der Waals surface area contributed by atoms with Crippen molar-refractivity contribution in [2.24, 2.45) is 5.92 Å². The zero-order valence-electron chi connectivity index (χ0n) is 22.6. The second kappa shape index (κ2) is 12.3. The lowest BCUT2D eigenvalue weighted by Crippen LogP contribution is -2.28. The van der Waals surface area contributed by atoms with E-state index < -0.39 is 23.5 Å². The van der Waals surface area contributed by atoms with Gasteiger partial charge in [0.25, 0.3) is 0 Å². The molecule has 2 aromatic heterocycles. The van der Waals surface area contributed by atoms with Gasteiger partial charge in [0, 0.05) is 56.3 Å². The smallest absolute Gasteiger partial charge is 0.248 e. The molecule has 0 unspecified atom stereocenters. The van der Waals surface area contributed by atoms with Crippen LogP contribution < -0.4 is 4.74 Å². The van der Waals surface area contributed by atoms with Crippen LogP contribution in [0.4, 0.5) is 8.78 Å². The third-order valence-corrected chi connectivity index (χ3v) is 6.44. The van der Waals surface area contributed by atoms with Gasteiger partial charge >= 0.3 is 0 Å². The summed E-state index contributed by atoms with van der Waals surface area (Å²) < 4.78 is 40.1. The first kappa shape index (κ1) is 28.8. The van der Waals surface area contributed by atoms with E-state index in [9.17, 15) is 18.7 Å². The number of carbonyl (C=O) groups excluding carboxylic acids is 1. The van der Waals surface area contributed by atoms with Crippen molar-refractivity contribution in [2.75, 3.05) is 33.4 Å². The summed E-state index contributed by atoms with van der Waals surface area (Å²) in [6.45, 7) is 6.42. The number of rotatable bonds is 12. The van der Waals surface area contributed by atoms with Crippen molar-refractivity contribution >= 4 is 5.78 Å². The highest BCUT2D eigenvalue weighted by Gasteiger charge is 2.37. The van der Waals surface area contributed by atoms with Crippen molar-refractivity contribution < 1.29 is 33.0 Å². The van der Waals surface area contributed by atoms with Gasteiger partial charge in [0.15, 0.2) is 5.82 Å². The highest BCUT2D eigenvalue weighted by atomic mass is 19.2. The molecule has 0 spiro atoms. The number of methoxy groups -OCH3 is 1. The summed E-state index contributed by atoms with van der Waals surface area (Å²) in [5.41, 5.74) is 1.43. The molecule has 0 amide bonds. The highest BCUT2D eigenvalue weighted by Crippen LogP contribution is 2.37. The number of pyridine rings is 1. The Kier molecular flexibility index (Phi) is 9.06. The average Bonchev–Trinajstić information content (AvgIpc) is 3.43. The second-order valence-electron chi connectivity index (χ2n) is 10.4. The fourth-order valence-corrected chi connectivity index (χ4v) is 4.51. The minimum absolute atomic E-state index is 0.0354. The van der Waals surface area contributed by atoms with E-state index in [-0.39, 0.29) is 31.1 Å². The third kappa shape index (κ3) is 7.24. The molecule has 0 aliphatic carbocycles. The van der Waals surface area contributed by atoms with Crippen LogP contribution in [0.1, 0.15) is 43.2 Å². The molecule has 1 saturated heterocycles. The number of aliphatic hydroxyl groups is 1. The number of aromatic nitrogens is 3. The predicted octanol–water partition coefficient (Wildman–Crippen LogP) is 3.76. The van der Waals surface area contributed by atoms with Crippen LogP contribution in [0.5, 0.6) is 5.88 Å². The monoisotopic (exact) mass is 544 g/mol. The molecule has 1 aliphatic heterocycles. The Labute approximate surface area is 226 Å². The molecule has 1 aromatic carbocycles. The summed E-state index contributed by atoms with van der Waals surface area (Å²) in [5.74, 6) is -2.32. The van der Waals surface area contributed by atoms with Crippen molar-refractivity contribution in [3.05, 3.63) is 71.2 Å². The van der Waals surface area contributed by atoms with Crippen molar-refractivity contribution in [1.82, 2.24) is 19.8 Å². The number of benzene rings is 1. The lowest BCUT2D eigenvalue weighted by atomic mass is 9.91. The molecule has 0 bridgehead atoms. The number of carbonyl (C=O) groups is 1. The topological polar surface area (TPSA) is 98.9 Å². The number of ether oxygens (including phenoxy) is 2. The van der Waals surface area contributed by atoms with Gasteiger partial charge in [-0.1, -0.05) is 18.2 Å². The van der Waals surface area contributed by atoms with Gasteiger partial charge in [0.1, 0.15) is 18.5 Å². The molecule has 9 nitrogen and oxygen atoms in total. The van der Waals surface area contributed by atoms with E-state index >= 15 is 0 Å². The maximum Gasteiger partial charge on any atom is 0.248 e. The van der Waals surface area contributed by atoms with Crippen LogP contribution in [0.3, 0.4) is 0 Å². The molecule has 2 atom stereocenters. The summed E-state index contributed by atoms with van der Waals surface area (Å²) >= 11 is 0. The summed E-state index contributed by atoms with van der Waals surface area (Å²) in [6.07, 6.45) is 0.768. The van der Waals surface area contributed by atoms with E-state index in [1.807, 2.05) is 37.3 Å². The van der Waals surface area contributed by atoms with Crippen LogP contribution in [0.2, 0.25) is 0 Å². The van der Waals surface area contributed by atoms with Gasteiger partial charge in [-0.2, -0.15) is 9.45 Å². The normalized spacial score (nSPS) is 18.0. The van der Waals surface area contributed by atoms with Gasteiger partial charge < -0.3 is 14.6 Å². The molecule has 39 heavy (non-hydrogen) atoms. The summed E-state index contributed by atoms with van der Waals surface area (Å²) in [6, 6.07) is 10.5. The van der Waals surface area contributed by atoms with E-state index in [0.29, 0.717) is 42.4 Å². The Morgan fingerprint density at radius 2 is 2.00 bits per heavy atom. The number of nitrogens with zero attached hydrogens (tertiary/aromatic N) is 4. The van der Waals surface area contributed by atoms with Gasteiger partial charge in [-0.3, -0.25) is 9.63 Å². The molecule has 0 radical (unpaired) electrons. The number of para-hydroxylation sites is 1. The fraction of sp³-hybridized carbons (Fsp3) is 0.464. The van der Waals surface area contributed by atoms with Crippen LogP contribution in [0.25, 0.3) is 5.69 Å². The van der Waals surface area contributed by atoms with Crippen molar-refractivity contribution in [2.45, 2.75) is 45.3 Å². The summed E-state index contributed by atoms with van der Waals surface area (Å²) in [5, 5.41) is 16.4. The fourth-order valence-electron chi connectivity index (χ4n) is 4.51. The van der Waals surface area contributed by atoms with Crippen LogP contribution in [-0.2, 0) is 20.8 Å². The lowest BCUT2D eigenvalue weighted by molar-refractivity contribution is -0.155. The Morgan fingerprint density at radius 3 is 2.67 bits per heavy atom. The Bertz CT molecular complexity index is 1280. The zero-order chi connectivity index (χ0) is 28.2. The van der Waals surface area contributed by atoms with Crippen LogP contribution in [0.15, 0.2) is 42.6 Å². The van der Waals surface area contributed by atoms with Crippen LogP contribution >= 0.6 is 0 Å². The minimum Gasteiger partial charge on any atom is -0.473 e. The SMILES string of the molecule is COCCN1C[C@@H](CC(=O)Cc2c(C)c(OCC(C)(C)O)nn2-c2ccccc2)[C@H](c2cnc(F)c(F)c2)O1. The van der Waals surface area contributed by atoms with Crippen molar-refractivity contribution in [1.29, 1.82) is 0 Å². The van der Waals surface area contributed by atoms with Crippen molar-refractivity contribution in [3.8, 4) is 11.6 Å². The Hall–Kier alpha value is -3.25. The van der Waals surface area contributed by atoms with E-state index in [1.165, 1.54) is 6.20 Å². The number of Topliss-reactive ketones (excluding diaryl/α,β-unsaturated/α-hetero) is 1. The maximum atomic E-state index is 14.0. The lowest BCUT2D eigenvalue weighted by Gasteiger charge is -2.17. The average molecular weight is 545 g/mol. The quantitative estimate of drug-likeness (QED) is 0.344. The highest BCUT2D eigenvalue weighted by molar-refractivity contribution is 5.81. The van der Waals surface area contributed by atoms with E-state index in [4.69, 9.17) is 14.3 Å². The molecule has 3 heterocycles. The number of hydrogen-bond acceptors (Lipinski definition) is 8. The molecule has 11 heteroatoms. The second-order valence-corrected chi connectivity index (χ2v) is 10.4. The number of halogens is 2. The van der Waals surface area contributed by atoms with E-state index in [2.05, 4.69) is 10.1 Å². The minimum atomic E-state index is -1.19. The number of hydrogen-bond donors (Lipinski definition) is 1. The molecule has 210 valence electrons. The Balaban J connectivity index is 1.57. The summed E-state index contributed by atoms with van der Waals surface area (Å²) in [7, 11) is 1.57. The third-order valence-electron chi connectivity index (χ3n) is 6.44. The van der Waals surface area contributed by atoms with E-state index in [0.717, 1.165) is 11.8 Å². The number of ketones is 1. The number of hydroxylamine groups is 2. The first-order valence-electron chi connectivity index (χ1n) is 12.8. The molecule has 1 aliphatic rings. The molecular formula is C28H34F2N4O5. The largest absolute Gasteiger partial charge is 0.473 e.